The van der Waals surface area contributed by atoms with Gasteiger partial charge in [0, 0.05) is 24.2 Å². The van der Waals surface area contributed by atoms with Crippen molar-refractivity contribution in [2.75, 3.05) is 13.1 Å². The molecule has 1 aromatic rings. The number of nitrogens with zero attached hydrogens (tertiary/aromatic N) is 4. The van der Waals surface area contributed by atoms with Gasteiger partial charge in [-0.1, -0.05) is 5.11 Å². The lowest BCUT2D eigenvalue weighted by Gasteiger charge is -2.06. The maximum atomic E-state index is 12.2. The average molecular weight is 259 g/mol. The van der Waals surface area contributed by atoms with Gasteiger partial charge in [0.15, 0.2) is 0 Å². The fraction of sp³-hybridized carbons (Fsp3) is 0.333. The number of azide groups is 1. The first-order valence-electron chi connectivity index (χ1n) is 4.77. The zero-order chi connectivity index (χ0) is 13.6. The predicted molar refractivity (Wildman–Crippen MR) is 55.6 cm³/mol. The molecule has 18 heavy (non-hydrogen) atoms. The molecule has 9 heteroatoms. The lowest BCUT2D eigenvalue weighted by molar-refractivity contribution is -0.141. The van der Waals surface area contributed by atoms with Gasteiger partial charge in [-0.25, -0.2) is 0 Å². The summed E-state index contributed by atoms with van der Waals surface area (Å²) in [6.07, 6.45) is -3.69. The molecule has 0 unspecified atom stereocenters. The minimum absolute atomic E-state index is 0.00365. The van der Waals surface area contributed by atoms with Gasteiger partial charge >= 0.3 is 6.18 Å². The topological polar surface area (TPSA) is 90.8 Å². The molecule has 0 spiro atoms. The molecule has 1 aromatic heterocycles. The molecule has 0 radical (unpaired) electrons. The van der Waals surface area contributed by atoms with Crippen LogP contribution in [-0.4, -0.2) is 24.0 Å². The second-order valence-corrected chi connectivity index (χ2v) is 3.14. The van der Waals surface area contributed by atoms with E-state index in [-0.39, 0.29) is 18.7 Å². The van der Waals surface area contributed by atoms with Gasteiger partial charge in [0.2, 0.25) is 0 Å². The summed E-state index contributed by atoms with van der Waals surface area (Å²) in [5, 5.41) is 5.55. The van der Waals surface area contributed by atoms with E-state index in [1.54, 1.807) is 0 Å². The highest BCUT2D eigenvalue weighted by atomic mass is 19.4. The third-order valence-corrected chi connectivity index (χ3v) is 1.88. The molecule has 0 saturated heterocycles. The van der Waals surface area contributed by atoms with E-state index in [0.717, 1.165) is 18.3 Å². The highest BCUT2D eigenvalue weighted by molar-refractivity contribution is 5.93. The molecule has 0 aliphatic rings. The first-order valence-corrected chi connectivity index (χ1v) is 4.77. The van der Waals surface area contributed by atoms with E-state index in [0.29, 0.717) is 0 Å². The zero-order valence-corrected chi connectivity index (χ0v) is 8.98. The number of aromatic nitrogens is 1. The summed E-state index contributed by atoms with van der Waals surface area (Å²) in [7, 11) is 0. The SMILES string of the molecule is [N-]=[N+]=NCCNC(=O)c1ccc(C(F)(F)F)nc1. The molecule has 1 heterocycles. The normalized spacial score (nSPS) is 10.6. The number of carbonyl (C=O) groups excluding carboxylic acids is 1. The Bertz CT molecular complexity index is 464. The van der Waals surface area contributed by atoms with Crippen LogP contribution >= 0.6 is 0 Å². The molecule has 6 nitrogen and oxygen atoms in total. The van der Waals surface area contributed by atoms with Gasteiger partial charge in [-0.15, -0.1) is 0 Å². The first-order chi connectivity index (χ1) is 8.45. The molecule has 0 bridgehead atoms. The number of amides is 1. The number of pyridine rings is 1. The van der Waals surface area contributed by atoms with Gasteiger partial charge in [0.05, 0.1) is 5.56 Å². The molecule has 0 fully saturated rings. The van der Waals surface area contributed by atoms with Crippen LogP contribution in [0.15, 0.2) is 23.4 Å². The lowest BCUT2D eigenvalue weighted by atomic mass is 10.2. The number of hydrogen-bond acceptors (Lipinski definition) is 3. The summed E-state index contributed by atoms with van der Waals surface area (Å²) in [4.78, 5) is 17.0. The third kappa shape index (κ3) is 3.95. The van der Waals surface area contributed by atoms with Gasteiger partial charge in [-0.05, 0) is 17.7 Å². The standard InChI is InChI=1S/C9H8F3N5O/c10-9(11,12)7-2-1-6(5-15-7)8(18)14-3-4-16-17-13/h1-2,5H,3-4H2,(H,14,18). The summed E-state index contributed by atoms with van der Waals surface area (Å²) in [5.41, 5.74) is 6.93. The van der Waals surface area contributed by atoms with Crippen molar-refractivity contribution in [1.29, 1.82) is 0 Å². The molecular weight excluding hydrogens is 251 g/mol. The molecule has 96 valence electrons. The Hall–Kier alpha value is -2.28. The van der Waals surface area contributed by atoms with E-state index in [2.05, 4.69) is 20.3 Å². The van der Waals surface area contributed by atoms with Gasteiger partial charge in [0.1, 0.15) is 5.69 Å². The maximum Gasteiger partial charge on any atom is 0.433 e. The Morgan fingerprint density at radius 1 is 1.50 bits per heavy atom. The highest BCUT2D eigenvalue weighted by Crippen LogP contribution is 2.27. The van der Waals surface area contributed by atoms with E-state index in [9.17, 15) is 18.0 Å². The van der Waals surface area contributed by atoms with Crippen molar-refractivity contribution in [3.8, 4) is 0 Å². The summed E-state index contributed by atoms with van der Waals surface area (Å²) in [5.74, 6) is -0.579. The second kappa shape index (κ2) is 5.87. The van der Waals surface area contributed by atoms with Crippen molar-refractivity contribution in [2.45, 2.75) is 6.18 Å². The molecule has 0 aliphatic carbocycles. The van der Waals surface area contributed by atoms with Gasteiger partial charge in [0.25, 0.3) is 5.91 Å². The number of carbonyl (C=O) groups is 1. The fourth-order valence-electron chi connectivity index (χ4n) is 1.06. The fourth-order valence-corrected chi connectivity index (χ4v) is 1.06. The largest absolute Gasteiger partial charge is 0.433 e. The van der Waals surface area contributed by atoms with Crippen LogP contribution in [0.25, 0.3) is 10.4 Å². The van der Waals surface area contributed by atoms with Crippen molar-refractivity contribution in [2.24, 2.45) is 5.11 Å². The molecule has 0 atom stereocenters. The van der Waals surface area contributed by atoms with Crippen LogP contribution < -0.4 is 5.32 Å². The molecule has 1 amide bonds. The van der Waals surface area contributed by atoms with Crippen LogP contribution in [-0.2, 0) is 6.18 Å². The predicted octanol–water partition coefficient (Wildman–Crippen LogP) is 2.14. The quantitative estimate of drug-likeness (QED) is 0.388. The van der Waals surface area contributed by atoms with Gasteiger partial charge < -0.3 is 5.32 Å². The average Bonchev–Trinajstić information content (AvgIpc) is 2.33. The van der Waals surface area contributed by atoms with Crippen LogP contribution in [0.3, 0.4) is 0 Å². The number of hydrogen-bond donors (Lipinski definition) is 1. The molecule has 1 rings (SSSR count). The summed E-state index contributed by atoms with van der Waals surface area (Å²) in [6.45, 7) is 0.167. The van der Waals surface area contributed by atoms with Crippen LogP contribution in [0.4, 0.5) is 13.2 Å². The van der Waals surface area contributed by atoms with Crippen molar-refractivity contribution in [3.05, 3.63) is 40.0 Å². The molecule has 0 aliphatic heterocycles. The van der Waals surface area contributed by atoms with Crippen molar-refractivity contribution in [3.63, 3.8) is 0 Å². The van der Waals surface area contributed by atoms with Gasteiger partial charge in [-0.3, -0.25) is 9.78 Å². The van der Waals surface area contributed by atoms with Crippen molar-refractivity contribution in [1.82, 2.24) is 10.3 Å². The van der Waals surface area contributed by atoms with Crippen LogP contribution in [0, 0.1) is 0 Å². The minimum atomic E-state index is -4.53. The Kier molecular flexibility index (Phi) is 4.50. The van der Waals surface area contributed by atoms with E-state index in [1.165, 1.54) is 0 Å². The van der Waals surface area contributed by atoms with Gasteiger partial charge in [-0.2, -0.15) is 13.2 Å². The zero-order valence-electron chi connectivity index (χ0n) is 8.98. The number of rotatable bonds is 4. The van der Waals surface area contributed by atoms with Crippen LogP contribution in [0.1, 0.15) is 16.1 Å². The molecule has 1 N–H and O–H groups in total. The lowest BCUT2D eigenvalue weighted by Crippen LogP contribution is -2.26. The van der Waals surface area contributed by atoms with Crippen LogP contribution in [0.2, 0.25) is 0 Å². The van der Waals surface area contributed by atoms with Crippen LogP contribution in [0.5, 0.6) is 0 Å². The smallest absolute Gasteiger partial charge is 0.352 e. The monoisotopic (exact) mass is 259 g/mol. The van der Waals surface area contributed by atoms with E-state index in [1.807, 2.05) is 0 Å². The van der Waals surface area contributed by atoms with E-state index < -0.39 is 17.8 Å². The summed E-state index contributed by atoms with van der Waals surface area (Å²) < 4.78 is 36.6. The second-order valence-electron chi connectivity index (χ2n) is 3.14. The first kappa shape index (κ1) is 13.8. The summed E-state index contributed by atoms with van der Waals surface area (Å²) in [6, 6.07) is 1.75. The van der Waals surface area contributed by atoms with E-state index in [4.69, 9.17) is 5.53 Å². The van der Waals surface area contributed by atoms with E-state index >= 15 is 0 Å². The number of halogens is 3. The van der Waals surface area contributed by atoms with Crippen molar-refractivity contribution < 1.29 is 18.0 Å². The maximum absolute atomic E-state index is 12.2. The Labute approximate surface area is 99.5 Å². The Balaban J connectivity index is 2.62. The Morgan fingerprint density at radius 3 is 2.72 bits per heavy atom. The highest BCUT2D eigenvalue weighted by Gasteiger charge is 2.32. The number of alkyl halides is 3. The minimum Gasteiger partial charge on any atom is -0.352 e. The molecular formula is C9H8F3N5O. The van der Waals surface area contributed by atoms with Crippen molar-refractivity contribution >= 4 is 5.91 Å². The Morgan fingerprint density at radius 2 is 2.22 bits per heavy atom. The summed E-state index contributed by atoms with van der Waals surface area (Å²) >= 11 is 0. The molecule has 0 aromatic carbocycles. The number of nitrogens with one attached hydrogen (secondary N) is 1. The third-order valence-electron chi connectivity index (χ3n) is 1.88. The molecule has 0 saturated carbocycles.